The Labute approximate surface area is 147 Å². The highest BCUT2D eigenvalue weighted by molar-refractivity contribution is 5.97. The fourth-order valence-electron chi connectivity index (χ4n) is 1.98. The highest BCUT2D eigenvalue weighted by Crippen LogP contribution is 2.29. The standard InChI is InChI=1S/C18H24N2O5/c1-11(2)18(4,10-19)20-16(21)12(3)25-17(22)15-13(23-5)8-7-9-14(15)24-6/h7-9,11-12H,1-6H3,(H,20,21). The van der Waals surface area contributed by atoms with Gasteiger partial charge in [0.05, 0.1) is 20.3 Å². The lowest BCUT2D eigenvalue weighted by atomic mass is 9.90. The molecule has 0 fully saturated rings. The summed E-state index contributed by atoms with van der Waals surface area (Å²) in [6, 6.07) is 6.93. The summed E-state index contributed by atoms with van der Waals surface area (Å²) < 4.78 is 15.5. The Bertz CT molecular complexity index is 658. The molecular formula is C18H24N2O5. The molecule has 25 heavy (non-hydrogen) atoms. The van der Waals surface area contributed by atoms with Crippen LogP contribution in [0, 0.1) is 17.2 Å². The smallest absolute Gasteiger partial charge is 0.346 e. The number of carbonyl (C=O) groups excluding carboxylic acids is 2. The van der Waals surface area contributed by atoms with Crippen molar-refractivity contribution in [1.29, 1.82) is 5.26 Å². The van der Waals surface area contributed by atoms with Gasteiger partial charge in [-0.15, -0.1) is 0 Å². The van der Waals surface area contributed by atoms with Crippen molar-refractivity contribution in [2.45, 2.75) is 39.3 Å². The number of ether oxygens (including phenoxy) is 3. The van der Waals surface area contributed by atoms with Gasteiger partial charge in [0.1, 0.15) is 22.6 Å². The molecule has 0 aliphatic carbocycles. The van der Waals surface area contributed by atoms with Crippen LogP contribution in [0.1, 0.15) is 38.1 Å². The first-order valence-electron chi connectivity index (χ1n) is 7.85. The Kier molecular flexibility index (Phi) is 6.80. The lowest BCUT2D eigenvalue weighted by Crippen LogP contribution is -2.52. The van der Waals surface area contributed by atoms with Gasteiger partial charge in [0.2, 0.25) is 0 Å². The van der Waals surface area contributed by atoms with Gasteiger partial charge < -0.3 is 19.5 Å². The van der Waals surface area contributed by atoms with Crippen LogP contribution in [-0.2, 0) is 9.53 Å². The fraction of sp³-hybridized carbons (Fsp3) is 0.500. The van der Waals surface area contributed by atoms with Gasteiger partial charge in [-0.2, -0.15) is 5.26 Å². The first kappa shape index (κ1) is 20.3. The third-order valence-electron chi connectivity index (χ3n) is 4.05. The van der Waals surface area contributed by atoms with E-state index in [1.807, 2.05) is 13.8 Å². The largest absolute Gasteiger partial charge is 0.496 e. The molecule has 1 aromatic rings. The normalized spacial score (nSPS) is 14.0. The molecule has 0 saturated carbocycles. The zero-order chi connectivity index (χ0) is 19.2. The minimum Gasteiger partial charge on any atom is -0.496 e. The quantitative estimate of drug-likeness (QED) is 0.759. The molecule has 0 saturated heterocycles. The van der Waals surface area contributed by atoms with E-state index in [-0.39, 0.29) is 23.0 Å². The maximum absolute atomic E-state index is 12.5. The Morgan fingerprint density at radius 3 is 2.08 bits per heavy atom. The van der Waals surface area contributed by atoms with Crippen molar-refractivity contribution in [2.24, 2.45) is 5.92 Å². The molecule has 0 radical (unpaired) electrons. The zero-order valence-corrected chi connectivity index (χ0v) is 15.4. The van der Waals surface area contributed by atoms with E-state index in [0.717, 1.165) is 0 Å². The molecule has 0 bridgehead atoms. The average molecular weight is 348 g/mol. The molecule has 1 amide bonds. The summed E-state index contributed by atoms with van der Waals surface area (Å²) in [4.78, 5) is 24.8. The molecular weight excluding hydrogens is 324 g/mol. The van der Waals surface area contributed by atoms with Crippen LogP contribution in [0.15, 0.2) is 18.2 Å². The van der Waals surface area contributed by atoms with Gasteiger partial charge in [-0.1, -0.05) is 19.9 Å². The molecule has 0 aliphatic heterocycles. The molecule has 7 nitrogen and oxygen atoms in total. The minimum absolute atomic E-state index is 0.0963. The fourth-order valence-corrected chi connectivity index (χ4v) is 1.98. The summed E-state index contributed by atoms with van der Waals surface area (Å²) in [5, 5.41) is 11.9. The second-order valence-corrected chi connectivity index (χ2v) is 6.04. The number of hydrogen-bond donors (Lipinski definition) is 1. The number of nitriles is 1. The van der Waals surface area contributed by atoms with Crippen LogP contribution < -0.4 is 14.8 Å². The molecule has 1 N–H and O–H groups in total. The Morgan fingerprint density at radius 1 is 1.16 bits per heavy atom. The van der Waals surface area contributed by atoms with E-state index in [9.17, 15) is 14.9 Å². The SMILES string of the molecule is COc1cccc(OC)c1C(=O)OC(C)C(=O)NC(C)(C#N)C(C)C. The van der Waals surface area contributed by atoms with Crippen LogP contribution in [0.5, 0.6) is 11.5 Å². The Hall–Kier alpha value is -2.75. The molecule has 136 valence electrons. The molecule has 2 unspecified atom stereocenters. The highest BCUT2D eigenvalue weighted by atomic mass is 16.6. The van der Waals surface area contributed by atoms with E-state index in [2.05, 4.69) is 11.4 Å². The van der Waals surface area contributed by atoms with Crippen LogP contribution >= 0.6 is 0 Å². The summed E-state index contributed by atoms with van der Waals surface area (Å²) >= 11 is 0. The Morgan fingerprint density at radius 2 is 1.68 bits per heavy atom. The van der Waals surface area contributed by atoms with E-state index in [1.165, 1.54) is 21.1 Å². The van der Waals surface area contributed by atoms with Crippen molar-refractivity contribution < 1.29 is 23.8 Å². The van der Waals surface area contributed by atoms with Crippen molar-refractivity contribution in [2.75, 3.05) is 14.2 Å². The van der Waals surface area contributed by atoms with Gasteiger partial charge in [-0.3, -0.25) is 4.79 Å². The van der Waals surface area contributed by atoms with Crippen molar-refractivity contribution in [3.05, 3.63) is 23.8 Å². The summed E-state index contributed by atoms with van der Waals surface area (Å²) in [5.74, 6) is -0.860. The topological polar surface area (TPSA) is 97.7 Å². The lowest BCUT2D eigenvalue weighted by molar-refractivity contribution is -0.130. The van der Waals surface area contributed by atoms with E-state index < -0.39 is 23.5 Å². The van der Waals surface area contributed by atoms with E-state index in [4.69, 9.17) is 14.2 Å². The molecule has 1 rings (SSSR count). The van der Waals surface area contributed by atoms with Crippen LogP contribution in [0.3, 0.4) is 0 Å². The van der Waals surface area contributed by atoms with E-state index in [0.29, 0.717) is 0 Å². The second-order valence-electron chi connectivity index (χ2n) is 6.04. The molecule has 2 atom stereocenters. The van der Waals surface area contributed by atoms with Gasteiger partial charge in [0.15, 0.2) is 6.10 Å². The maximum atomic E-state index is 12.5. The highest BCUT2D eigenvalue weighted by Gasteiger charge is 2.33. The number of esters is 1. The lowest BCUT2D eigenvalue weighted by Gasteiger charge is -2.28. The first-order valence-corrected chi connectivity index (χ1v) is 7.85. The number of methoxy groups -OCH3 is 2. The average Bonchev–Trinajstić information content (AvgIpc) is 2.60. The number of hydrogen-bond acceptors (Lipinski definition) is 6. The monoisotopic (exact) mass is 348 g/mol. The van der Waals surface area contributed by atoms with E-state index >= 15 is 0 Å². The number of rotatable bonds is 7. The Balaban J connectivity index is 2.95. The number of nitrogens with one attached hydrogen (secondary N) is 1. The number of carbonyl (C=O) groups is 2. The predicted molar refractivity (Wildman–Crippen MR) is 91.4 cm³/mol. The summed E-state index contributed by atoms with van der Waals surface area (Å²) in [7, 11) is 2.84. The number of nitrogens with zero attached hydrogens (tertiary/aromatic N) is 1. The summed E-state index contributed by atoms with van der Waals surface area (Å²) in [5.41, 5.74) is -0.959. The number of benzene rings is 1. The van der Waals surface area contributed by atoms with Crippen molar-refractivity contribution >= 4 is 11.9 Å². The van der Waals surface area contributed by atoms with Crippen molar-refractivity contribution in [3.63, 3.8) is 0 Å². The van der Waals surface area contributed by atoms with Crippen LogP contribution in [-0.4, -0.2) is 37.7 Å². The molecule has 0 heterocycles. The summed E-state index contributed by atoms with van der Waals surface area (Å²) in [6.07, 6.45) is -1.09. The van der Waals surface area contributed by atoms with Crippen molar-refractivity contribution in [1.82, 2.24) is 5.32 Å². The third kappa shape index (κ3) is 4.63. The molecule has 0 spiro atoms. The molecule has 7 heteroatoms. The zero-order valence-electron chi connectivity index (χ0n) is 15.4. The number of amides is 1. The first-order chi connectivity index (χ1) is 11.7. The maximum Gasteiger partial charge on any atom is 0.346 e. The van der Waals surface area contributed by atoms with Crippen LogP contribution in [0.2, 0.25) is 0 Å². The van der Waals surface area contributed by atoms with Gasteiger partial charge in [0, 0.05) is 0 Å². The van der Waals surface area contributed by atoms with Gasteiger partial charge in [-0.05, 0) is 31.9 Å². The predicted octanol–water partition coefficient (Wildman–Crippen LogP) is 2.30. The van der Waals surface area contributed by atoms with E-state index in [1.54, 1.807) is 25.1 Å². The van der Waals surface area contributed by atoms with Crippen molar-refractivity contribution in [3.8, 4) is 17.6 Å². The van der Waals surface area contributed by atoms with Gasteiger partial charge >= 0.3 is 5.97 Å². The second kappa shape index (κ2) is 8.38. The minimum atomic E-state index is -1.09. The van der Waals surface area contributed by atoms with Crippen LogP contribution in [0.4, 0.5) is 0 Å². The molecule has 1 aromatic carbocycles. The van der Waals surface area contributed by atoms with Crippen LogP contribution in [0.25, 0.3) is 0 Å². The molecule has 0 aromatic heterocycles. The summed E-state index contributed by atoms with van der Waals surface area (Å²) in [6.45, 7) is 6.69. The van der Waals surface area contributed by atoms with Gasteiger partial charge in [-0.25, -0.2) is 4.79 Å². The van der Waals surface area contributed by atoms with Gasteiger partial charge in [0.25, 0.3) is 5.91 Å². The molecule has 0 aliphatic rings. The third-order valence-corrected chi connectivity index (χ3v) is 4.05.